The summed E-state index contributed by atoms with van der Waals surface area (Å²) in [5.41, 5.74) is 4.09. The van der Waals surface area contributed by atoms with E-state index in [4.69, 9.17) is 4.74 Å². The Labute approximate surface area is 157 Å². The van der Waals surface area contributed by atoms with Gasteiger partial charge < -0.3 is 14.6 Å². The van der Waals surface area contributed by atoms with Gasteiger partial charge in [0.2, 0.25) is 0 Å². The predicted octanol–water partition coefficient (Wildman–Crippen LogP) is 3.72. The zero-order valence-corrected chi connectivity index (χ0v) is 15.5. The van der Waals surface area contributed by atoms with E-state index in [0.717, 1.165) is 11.9 Å². The molecule has 0 radical (unpaired) electrons. The van der Waals surface area contributed by atoms with E-state index in [1.807, 2.05) is 17.0 Å². The van der Waals surface area contributed by atoms with Crippen LogP contribution in [0, 0.1) is 0 Å². The Hall–Kier alpha value is -3.08. The number of carbonyl (C=O) groups excluding carboxylic acids is 2. The average Bonchev–Trinajstić information content (AvgIpc) is 3.05. The molecule has 1 unspecified atom stereocenters. The Kier molecular flexibility index (Phi) is 4.44. The largest absolute Gasteiger partial charge is 0.481 e. The number of ether oxygens (including phenoxy) is 1. The number of nitrogens with zero attached hydrogens (tertiary/aromatic N) is 1. The summed E-state index contributed by atoms with van der Waals surface area (Å²) in [7, 11) is 0. The van der Waals surface area contributed by atoms with E-state index < -0.39 is 6.10 Å². The van der Waals surface area contributed by atoms with Gasteiger partial charge in [-0.2, -0.15) is 0 Å². The van der Waals surface area contributed by atoms with Crippen molar-refractivity contribution in [1.29, 1.82) is 0 Å². The van der Waals surface area contributed by atoms with Gasteiger partial charge in [0.25, 0.3) is 5.91 Å². The predicted molar refractivity (Wildman–Crippen MR) is 104 cm³/mol. The summed E-state index contributed by atoms with van der Waals surface area (Å²) >= 11 is 0. The molecule has 2 heterocycles. The topological polar surface area (TPSA) is 62.4 Å². The molecule has 0 aliphatic carbocycles. The molecule has 1 aromatic heterocycles. The molecule has 0 spiro atoms. The lowest BCUT2D eigenvalue weighted by Gasteiger charge is -2.29. The lowest BCUT2D eigenvalue weighted by molar-refractivity contribution is -0.138. The number of aromatic amines is 1. The molecule has 5 heteroatoms. The van der Waals surface area contributed by atoms with Gasteiger partial charge >= 0.3 is 0 Å². The van der Waals surface area contributed by atoms with Crippen molar-refractivity contribution in [1.82, 2.24) is 9.88 Å². The van der Waals surface area contributed by atoms with Crippen molar-refractivity contribution in [2.45, 2.75) is 32.9 Å². The second-order valence-electron chi connectivity index (χ2n) is 6.98. The number of nitrogens with one attached hydrogen (secondary N) is 1. The van der Waals surface area contributed by atoms with Gasteiger partial charge in [-0.15, -0.1) is 0 Å². The molecule has 138 valence electrons. The summed E-state index contributed by atoms with van der Waals surface area (Å²) in [6.07, 6.45) is 0.196. The number of fused-ring (bicyclic) bond motifs is 3. The van der Waals surface area contributed by atoms with Gasteiger partial charge in [0.05, 0.1) is 0 Å². The fraction of sp³-hybridized carbons (Fsp3) is 0.273. The van der Waals surface area contributed by atoms with E-state index in [1.165, 1.54) is 23.6 Å². The van der Waals surface area contributed by atoms with Crippen LogP contribution in [0.1, 0.15) is 35.5 Å². The third-order valence-corrected chi connectivity index (χ3v) is 5.10. The minimum Gasteiger partial charge on any atom is -0.481 e. The fourth-order valence-corrected chi connectivity index (χ4v) is 3.65. The standard InChI is InChI=1S/C22H22N2O3/c1-14(25)16-6-5-7-17(12-16)27-15(2)22(26)24-11-10-21-19(13-24)18-8-3-4-9-20(18)23-21/h3-9,12,15,23H,10-11,13H2,1-2H3. The molecule has 0 bridgehead atoms. The molecule has 0 saturated carbocycles. The third-order valence-electron chi connectivity index (χ3n) is 5.10. The van der Waals surface area contributed by atoms with Gasteiger partial charge in [-0.3, -0.25) is 9.59 Å². The van der Waals surface area contributed by atoms with Crippen LogP contribution in [0.3, 0.4) is 0 Å². The molecule has 27 heavy (non-hydrogen) atoms. The van der Waals surface area contributed by atoms with Crippen LogP contribution in [0.25, 0.3) is 10.9 Å². The maximum atomic E-state index is 12.9. The first kappa shape index (κ1) is 17.3. The molecule has 1 N–H and O–H groups in total. The molecule has 1 amide bonds. The van der Waals surface area contributed by atoms with E-state index in [1.54, 1.807) is 31.2 Å². The lowest BCUT2D eigenvalue weighted by atomic mass is 10.0. The zero-order valence-electron chi connectivity index (χ0n) is 15.5. The van der Waals surface area contributed by atoms with Gasteiger partial charge in [0, 0.05) is 47.2 Å². The first-order valence-electron chi connectivity index (χ1n) is 9.18. The number of aromatic nitrogens is 1. The Morgan fingerprint density at radius 2 is 1.96 bits per heavy atom. The van der Waals surface area contributed by atoms with Crippen LogP contribution in [0.2, 0.25) is 0 Å². The number of para-hydroxylation sites is 1. The summed E-state index contributed by atoms with van der Waals surface area (Å²) in [6, 6.07) is 15.1. The van der Waals surface area contributed by atoms with Crippen molar-refractivity contribution in [3.63, 3.8) is 0 Å². The second kappa shape index (κ2) is 6.91. The maximum absolute atomic E-state index is 12.9. The van der Waals surface area contributed by atoms with E-state index in [0.29, 0.717) is 24.4 Å². The Morgan fingerprint density at radius 3 is 2.78 bits per heavy atom. The molecule has 3 aromatic rings. The Bertz CT molecular complexity index is 1020. The van der Waals surface area contributed by atoms with Crippen molar-refractivity contribution in [2.75, 3.05) is 6.54 Å². The summed E-state index contributed by atoms with van der Waals surface area (Å²) in [5, 5.41) is 1.17. The fourth-order valence-electron chi connectivity index (χ4n) is 3.65. The van der Waals surface area contributed by atoms with Crippen LogP contribution in [0.5, 0.6) is 5.75 Å². The quantitative estimate of drug-likeness (QED) is 0.720. The number of rotatable bonds is 4. The number of benzene rings is 2. The zero-order chi connectivity index (χ0) is 19.0. The highest BCUT2D eigenvalue weighted by molar-refractivity contribution is 5.94. The van der Waals surface area contributed by atoms with Gasteiger partial charge in [-0.05, 0) is 32.0 Å². The van der Waals surface area contributed by atoms with Crippen molar-refractivity contribution in [2.24, 2.45) is 0 Å². The van der Waals surface area contributed by atoms with Gasteiger partial charge in [0.1, 0.15) is 5.75 Å². The lowest BCUT2D eigenvalue weighted by Crippen LogP contribution is -2.43. The number of Topliss-reactive ketones (excluding diaryl/α,β-unsaturated/α-hetero) is 1. The Balaban J connectivity index is 1.50. The minimum absolute atomic E-state index is 0.0256. The van der Waals surface area contributed by atoms with Crippen LogP contribution in [-0.2, 0) is 17.8 Å². The number of H-pyrrole nitrogens is 1. The van der Waals surface area contributed by atoms with Gasteiger partial charge in [-0.1, -0.05) is 30.3 Å². The number of hydrogen-bond donors (Lipinski definition) is 1. The smallest absolute Gasteiger partial charge is 0.263 e. The molecule has 0 fully saturated rings. The molecule has 1 aliphatic heterocycles. The number of carbonyl (C=O) groups is 2. The Morgan fingerprint density at radius 1 is 1.15 bits per heavy atom. The average molecular weight is 362 g/mol. The number of amides is 1. The van der Waals surface area contributed by atoms with Crippen molar-refractivity contribution >= 4 is 22.6 Å². The SMILES string of the molecule is CC(=O)c1cccc(OC(C)C(=O)N2CCc3[nH]c4ccccc4c3C2)c1. The summed E-state index contributed by atoms with van der Waals surface area (Å²) < 4.78 is 5.83. The molecule has 2 aromatic carbocycles. The van der Waals surface area contributed by atoms with Crippen LogP contribution in [0.15, 0.2) is 48.5 Å². The monoisotopic (exact) mass is 362 g/mol. The van der Waals surface area contributed by atoms with E-state index in [-0.39, 0.29) is 11.7 Å². The maximum Gasteiger partial charge on any atom is 0.263 e. The van der Waals surface area contributed by atoms with E-state index in [9.17, 15) is 9.59 Å². The highest BCUT2D eigenvalue weighted by atomic mass is 16.5. The van der Waals surface area contributed by atoms with E-state index in [2.05, 4.69) is 17.1 Å². The molecular weight excluding hydrogens is 340 g/mol. The second-order valence-corrected chi connectivity index (χ2v) is 6.98. The third kappa shape index (κ3) is 3.33. The van der Waals surface area contributed by atoms with E-state index >= 15 is 0 Å². The van der Waals surface area contributed by atoms with Crippen LogP contribution >= 0.6 is 0 Å². The molecule has 4 rings (SSSR count). The highest BCUT2D eigenvalue weighted by Gasteiger charge is 2.28. The van der Waals surface area contributed by atoms with Crippen molar-refractivity contribution in [3.8, 4) is 5.75 Å². The van der Waals surface area contributed by atoms with Crippen molar-refractivity contribution < 1.29 is 14.3 Å². The first-order chi connectivity index (χ1) is 13.0. The molecule has 1 atom stereocenters. The number of hydrogen-bond acceptors (Lipinski definition) is 3. The summed E-state index contributed by atoms with van der Waals surface area (Å²) in [4.78, 5) is 29.8. The van der Waals surface area contributed by atoms with Gasteiger partial charge in [-0.25, -0.2) is 0 Å². The van der Waals surface area contributed by atoms with Crippen LogP contribution in [0.4, 0.5) is 0 Å². The normalized spacial score (nSPS) is 14.7. The first-order valence-corrected chi connectivity index (χ1v) is 9.18. The molecule has 0 saturated heterocycles. The summed E-state index contributed by atoms with van der Waals surface area (Å²) in [6.45, 7) is 4.52. The molecule has 5 nitrogen and oxygen atoms in total. The highest BCUT2D eigenvalue weighted by Crippen LogP contribution is 2.28. The van der Waals surface area contributed by atoms with Crippen LogP contribution in [-0.4, -0.2) is 34.2 Å². The minimum atomic E-state index is -0.612. The van der Waals surface area contributed by atoms with Gasteiger partial charge in [0.15, 0.2) is 11.9 Å². The summed E-state index contributed by atoms with van der Waals surface area (Å²) in [5.74, 6) is 0.467. The number of ketones is 1. The molecular formula is C22H22N2O3. The molecule has 1 aliphatic rings. The van der Waals surface area contributed by atoms with Crippen molar-refractivity contribution in [3.05, 3.63) is 65.4 Å². The van der Waals surface area contributed by atoms with Crippen LogP contribution < -0.4 is 4.74 Å².